The molecule has 0 radical (unpaired) electrons. The molecule has 0 aromatic heterocycles. The summed E-state index contributed by atoms with van der Waals surface area (Å²) >= 11 is 0. The van der Waals surface area contributed by atoms with E-state index in [-0.39, 0.29) is 0 Å². The average Bonchev–Trinajstić information content (AvgIpc) is 2.54. The molecule has 112 valence electrons. The van der Waals surface area contributed by atoms with Crippen LogP contribution in [0.3, 0.4) is 0 Å². The molecule has 0 aliphatic carbocycles. The smallest absolute Gasteiger partial charge is 0.122 e. The summed E-state index contributed by atoms with van der Waals surface area (Å²) in [4.78, 5) is 0. The molecule has 2 aromatic rings. The molecule has 3 nitrogen and oxygen atoms in total. The van der Waals surface area contributed by atoms with Crippen molar-refractivity contribution in [1.82, 2.24) is 0 Å². The molecule has 21 heavy (non-hydrogen) atoms. The molecule has 0 saturated carbocycles. The highest BCUT2D eigenvalue weighted by Crippen LogP contribution is 2.25. The molecule has 1 N–H and O–H groups in total. The Hall–Kier alpha value is -1.84. The van der Waals surface area contributed by atoms with Crippen LogP contribution in [0.15, 0.2) is 48.5 Å². The Kier molecular flexibility index (Phi) is 5.78. The first kappa shape index (κ1) is 15.5. The zero-order valence-electron chi connectivity index (χ0n) is 12.6. The maximum Gasteiger partial charge on any atom is 0.122 e. The van der Waals surface area contributed by atoms with Gasteiger partial charge in [0.1, 0.15) is 5.75 Å². The first-order valence-electron chi connectivity index (χ1n) is 7.12. The Bertz CT molecular complexity index is 549. The van der Waals surface area contributed by atoms with Crippen LogP contribution in [0, 0.1) is 0 Å². The lowest BCUT2D eigenvalue weighted by Gasteiger charge is -2.14. The topological polar surface area (TPSA) is 38.7 Å². The van der Waals surface area contributed by atoms with E-state index < -0.39 is 6.10 Å². The lowest BCUT2D eigenvalue weighted by Crippen LogP contribution is -2.04. The van der Waals surface area contributed by atoms with Gasteiger partial charge in [0.2, 0.25) is 0 Å². The van der Waals surface area contributed by atoms with Crippen molar-refractivity contribution in [1.29, 1.82) is 0 Å². The summed E-state index contributed by atoms with van der Waals surface area (Å²) in [5.41, 5.74) is 3.14. The van der Waals surface area contributed by atoms with Crippen molar-refractivity contribution in [2.45, 2.75) is 18.9 Å². The van der Waals surface area contributed by atoms with Crippen LogP contribution < -0.4 is 4.74 Å². The zero-order chi connectivity index (χ0) is 15.1. The van der Waals surface area contributed by atoms with Gasteiger partial charge < -0.3 is 14.6 Å². The molecule has 2 rings (SSSR count). The maximum atomic E-state index is 10.4. The van der Waals surface area contributed by atoms with E-state index in [1.165, 1.54) is 5.56 Å². The van der Waals surface area contributed by atoms with Crippen LogP contribution in [0.5, 0.6) is 5.75 Å². The fourth-order valence-electron chi connectivity index (χ4n) is 2.32. The number of hydrogen-bond acceptors (Lipinski definition) is 3. The number of para-hydroxylation sites is 1. The highest BCUT2D eigenvalue weighted by atomic mass is 16.5. The SMILES string of the molecule is COCCc1ccc(C(O)Cc2ccccc2OC)cc1. The van der Waals surface area contributed by atoms with Gasteiger partial charge in [0, 0.05) is 13.5 Å². The molecule has 0 spiro atoms. The normalized spacial score (nSPS) is 12.1. The standard InChI is InChI=1S/C18H22O3/c1-20-12-11-14-7-9-15(10-8-14)17(19)13-16-5-3-4-6-18(16)21-2/h3-10,17,19H,11-13H2,1-2H3. The molecule has 1 unspecified atom stereocenters. The van der Waals surface area contributed by atoms with Gasteiger partial charge in [-0.25, -0.2) is 0 Å². The van der Waals surface area contributed by atoms with Crippen molar-refractivity contribution in [2.24, 2.45) is 0 Å². The number of rotatable bonds is 7. The van der Waals surface area contributed by atoms with Crippen LogP contribution in [-0.4, -0.2) is 25.9 Å². The quantitative estimate of drug-likeness (QED) is 0.849. The summed E-state index contributed by atoms with van der Waals surface area (Å²) in [5, 5.41) is 10.4. The van der Waals surface area contributed by atoms with Gasteiger partial charge >= 0.3 is 0 Å². The zero-order valence-corrected chi connectivity index (χ0v) is 12.6. The largest absolute Gasteiger partial charge is 0.496 e. The van der Waals surface area contributed by atoms with Gasteiger partial charge in [0.05, 0.1) is 19.8 Å². The minimum atomic E-state index is -0.530. The van der Waals surface area contributed by atoms with Gasteiger partial charge in [-0.2, -0.15) is 0 Å². The maximum absolute atomic E-state index is 10.4. The van der Waals surface area contributed by atoms with Crippen LogP contribution in [0.1, 0.15) is 22.8 Å². The second-order valence-corrected chi connectivity index (χ2v) is 5.02. The second-order valence-electron chi connectivity index (χ2n) is 5.02. The van der Waals surface area contributed by atoms with Crippen molar-refractivity contribution >= 4 is 0 Å². The van der Waals surface area contributed by atoms with Gasteiger partial charge in [-0.3, -0.25) is 0 Å². The Morgan fingerprint density at radius 2 is 1.71 bits per heavy atom. The first-order valence-corrected chi connectivity index (χ1v) is 7.12. The predicted octanol–water partition coefficient (Wildman–Crippen LogP) is 3.16. The van der Waals surface area contributed by atoms with Crippen LogP contribution in [0.2, 0.25) is 0 Å². The lowest BCUT2D eigenvalue weighted by molar-refractivity contribution is 0.177. The van der Waals surface area contributed by atoms with Crippen LogP contribution >= 0.6 is 0 Å². The molecule has 0 bridgehead atoms. The Morgan fingerprint density at radius 3 is 2.38 bits per heavy atom. The summed E-state index contributed by atoms with van der Waals surface area (Å²) in [6.45, 7) is 0.711. The van der Waals surface area contributed by atoms with Gasteiger partial charge in [0.25, 0.3) is 0 Å². The van der Waals surface area contributed by atoms with Crippen LogP contribution in [-0.2, 0) is 17.6 Å². The van der Waals surface area contributed by atoms with Crippen LogP contribution in [0.25, 0.3) is 0 Å². The van der Waals surface area contributed by atoms with Gasteiger partial charge in [-0.15, -0.1) is 0 Å². The van der Waals surface area contributed by atoms with E-state index in [1.807, 2.05) is 48.5 Å². The molecule has 0 heterocycles. The molecule has 0 saturated heterocycles. The fraction of sp³-hybridized carbons (Fsp3) is 0.333. The summed E-state index contributed by atoms with van der Waals surface area (Å²) < 4.78 is 10.4. The van der Waals surface area contributed by atoms with Crippen molar-refractivity contribution in [2.75, 3.05) is 20.8 Å². The van der Waals surface area contributed by atoms with Gasteiger partial charge in [0.15, 0.2) is 0 Å². The van der Waals surface area contributed by atoms with Gasteiger partial charge in [-0.05, 0) is 29.2 Å². The summed E-state index contributed by atoms with van der Waals surface area (Å²) in [6, 6.07) is 15.8. The molecule has 1 atom stereocenters. The highest BCUT2D eigenvalue weighted by Gasteiger charge is 2.11. The molecule has 0 fully saturated rings. The van der Waals surface area contributed by atoms with Crippen LogP contribution in [0.4, 0.5) is 0 Å². The van der Waals surface area contributed by atoms with E-state index in [9.17, 15) is 5.11 Å². The molecule has 0 aliphatic rings. The number of methoxy groups -OCH3 is 2. The van der Waals surface area contributed by atoms with E-state index in [2.05, 4.69) is 0 Å². The van der Waals surface area contributed by atoms with Crippen molar-refractivity contribution < 1.29 is 14.6 Å². The Morgan fingerprint density at radius 1 is 1.00 bits per heavy atom. The molecule has 2 aromatic carbocycles. The average molecular weight is 286 g/mol. The van der Waals surface area contributed by atoms with Gasteiger partial charge in [-0.1, -0.05) is 42.5 Å². The van der Waals surface area contributed by atoms with E-state index in [0.717, 1.165) is 23.3 Å². The van der Waals surface area contributed by atoms with Crippen molar-refractivity contribution in [3.05, 3.63) is 65.2 Å². The third kappa shape index (κ3) is 4.31. The third-order valence-corrected chi connectivity index (χ3v) is 3.57. The minimum Gasteiger partial charge on any atom is -0.496 e. The molecular formula is C18H22O3. The summed E-state index contributed by atoms with van der Waals surface area (Å²) in [6.07, 6.45) is 0.902. The Labute approximate surface area is 126 Å². The predicted molar refractivity (Wildman–Crippen MR) is 83.7 cm³/mol. The lowest BCUT2D eigenvalue weighted by atomic mass is 9.99. The number of aliphatic hydroxyl groups is 1. The number of aliphatic hydroxyl groups excluding tert-OH is 1. The fourth-order valence-corrected chi connectivity index (χ4v) is 2.32. The second kappa shape index (κ2) is 7.81. The van der Waals surface area contributed by atoms with E-state index in [4.69, 9.17) is 9.47 Å². The Balaban J connectivity index is 2.04. The highest BCUT2D eigenvalue weighted by molar-refractivity contribution is 5.35. The number of ether oxygens (including phenoxy) is 2. The van der Waals surface area contributed by atoms with E-state index in [0.29, 0.717) is 13.0 Å². The number of hydrogen-bond donors (Lipinski definition) is 1. The summed E-state index contributed by atoms with van der Waals surface area (Å²) in [5.74, 6) is 0.813. The van der Waals surface area contributed by atoms with E-state index >= 15 is 0 Å². The number of benzene rings is 2. The molecule has 3 heteroatoms. The summed E-state index contributed by atoms with van der Waals surface area (Å²) in [7, 11) is 3.35. The first-order chi connectivity index (χ1) is 10.2. The van der Waals surface area contributed by atoms with Crippen molar-refractivity contribution in [3.63, 3.8) is 0 Å². The van der Waals surface area contributed by atoms with E-state index in [1.54, 1.807) is 14.2 Å². The molecule has 0 amide bonds. The van der Waals surface area contributed by atoms with Crippen molar-refractivity contribution in [3.8, 4) is 5.75 Å². The monoisotopic (exact) mass is 286 g/mol. The molecular weight excluding hydrogens is 264 g/mol. The molecule has 0 aliphatic heterocycles. The third-order valence-electron chi connectivity index (χ3n) is 3.57. The minimum absolute atomic E-state index is 0.530.